The Hall–Kier alpha value is -1.09. The summed E-state index contributed by atoms with van der Waals surface area (Å²) in [7, 11) is 4.01. The molecule has 0 saturated heterocycles. The summed E-state index contributed by atoms with van der Waals surface area (Å²) in [5.41, 5.74) is 1.21. The first kappa shape index (κ1) is 11.0. The number of aryl methyl sites for hydroxylation is 1. The third kappa shape index (κ3) is 3.00. The van der Waals surface area contributed by atoms with Crippen LogP contribution >= 0.6 is 0 Å². The number of likely N-dealkylation sites (N-methyl/N-ethyl adjacent to an activating group) is 1. The fraction of sp³-hybridized carbons (Fsp3) is 0.545. The van der Waals surface area contributed by atoms with E-state index in [1.165, 1.54) is 0 Å². The molecule has 0 aliphatic heterocycles. The van der Waals surface area contributed by atoms with Gasteiger partial charge in [-0.25, -0.2) is 0 Å². The number of hydrogen-bond donors (Lipinski definition) is 0. The molecule has 14 heavy (non-hydrogen) atoms. The molecule has 1 heterocycles. The van der Waals surface area contributed by atoms with E-state index < -0.39 is 0 Å². The fourth-order valence-electron chi connectivity index (χ4n) is 1.26. The highest BCUT2D eigenvalue weighted by Gasteiger charge is 1.97. The van der Waals surface area contributed by atoms with Crippen molar-refractivity contribution >= 4 is 0 Å². The molecular formula is C11H18N2O. The third-order valence-corrected chi connectivity index (χ3v) is 2.26. The van der Waals surface area contributed by atoms with Gasteiger partial charge in [-0.05, 0) is 32.1 Å². The van der Waals surface area contributed by atoms with Gasteiger partial charge in [0.2, 0.25) is 0 Å². The Labute approximate surface area is 85.0 Å². The first-order valence-corrected chi connectivity index (χ1v) is 4.97. The van der Waals surface area contributed by atoms with Crippen LogP contribution in [0.25, 0.3) is 0 Å². The van der Waals surface area contributed by atoms with Gasteiger partial charge in [0.05, 0.1) is 0 Å². The van der Waals surface area contributed by atoms with E-state index in [0.717, 1.165) is 25.1 Å². The standard InChI is InChI=1S/C11H18N2O/c1-4-10-5-6-13(11(14)9-10)8-7-12(2)3/h5-6,9H,4,7-8H2,1-3H3. The molecule has 0 aliphatic carbocycles. The van der Waals surface area contributed by atoms with E-state index in [2.05, 4.69) is 11.8 Å². The molecule has 3 heteroatoms. The average Bonchev–Trinajstić information content (AvgIpc) is 2.15. The molecule has 0 bridgehead atoms. The van der Waals surface area contributed by atoms with Crippen molar-refractivity contribution in [3.05, 3.63) is 34.2 Å². The number of hydrogen-bond acceptors (Lipinski definition) is 2. The topological polar surface area (TPSA) is 25.2 Å². The zero-order valence-electron chi connectivity index (χ0n) is 9.16. The lowest BCUT2D eigenvalue weighted by molar-refractivity contribution is 0.381. The van der Waals surface area contributed by atoms with Gasteiger partial charge < -0.3 is 9.47 Å². The van der Waals surface area contributed by atoms with Crippen LogP contribution < -0.4 is 5.56 Å². The predicted molar refractivity (Wildman–Crippen MR) is 58.6 cm³/mol. The van der Waals surface area contributed by atoms with Crippen LogP contribution in [0.3, 0.4) is 0 Å². The van der Waals surface area contributed by atoms with Gasteiger partial charge >= 0.3 is 0 Å². The molecule has 0 aliphatic rings. The van der Waals surface area contributed by atoms with Crippen molar-refractivity contribution in [2.45, 2.75) is 19.9 Å². The van der Waals surface area contributed by atoms with Crippen molar-refractivity contribution in [2.24, 2.45) is 0 Å². The first-order chi connectivity index (χ1) is 6.63. The lowest BCUT2D eigenvalue weighted by atomic mass is 10.2. The summed E-state index contributed by atoms with van der Waals surface area (Å²) in [5.74, 6) is 0. The highest BCUT2D eigenvalue weighted by atomic mass is 16.1. The minimum Gasteiger partial charge on any atom is -0.314 e. The quantitative estimate of drug-likeness (QED) is 0.713. The van der Waals surface area contributed by atoms with Crippen LogP contribution in [0.4, 0.5) is 0 Å². The molecule has 1 aromatic heterocycles. The summed E-state index contributed by atoms with van der Waals surface area (Å²) in [6, 6.07) is 3.73. The first-order valence-electron chi connectivity index (χ1n) is 4.97. The Balaban J connectivity index is 2.74. The number of aromatic nitrogens is 1. The molecule has 0 atom stereocenters. The van der Waals surface area contributed by atoms with Gasteiger partial charge in [-0.3, -0.25) is 4.79 Å². The van der Waals surface area contributed by atoms with Crippen LogP contribution in [0.15, 0.2) is 23.1 Å². The van der Waals surface area contributed by atoms with Gasteiger partial charge in [-0.15, -0.1) is 0 Å². The van der Waals surface area contributed by atoms with E-state index in [9.17, 15) is 4.79 Å². The van der Waals surface area contributed by atoms with Crippen molar-refractivity contribution in [3.8, 4) is 0 Å². The van der Waals surface area contributed by atoms with Gasteiger partial charge in [0.15, 0.2) is 0 Å². The zero-order valence-corrected chi connectivity index (χ0v) is 9.16. The second kappa shape index (κ2) is 4.96. The van der Waals surface area contributed by atoms with Gasteiger partial charge in [-0.1, -0.05) is 6.92 Å². The van der Waals surface area contributed by atoms with Crippen molar-refractivity contribution in [2.75, 3.05) is 20.6 Å². The van der Waals surface area contributed by atoms with Crippen LogP contribution in [-0.2, 0) is 13.0 Å². The maximum Gasteiger partial charge on any atom is 0.250 e. The van der Waals surface area contributed by atoms with E-state index >= 15 is 0 Å². The maximum atomic E-state index is 11.6. The van der Waals surface area contributed by atoms with Crippen LogP contribution in [-0.4, -0.2) is 30.1 Å². The minimum atomic E-state index is 0.103. The Bertz CT molecular complexity index is 341. The molecule has 78 valence electrons. The molecule has 0 saturated carbocycles. The average molecular weight is 194 g/mol. The highest BCUT2D eigenvalue weighted by Crippen LogP contribution is 1.95. The van der Waals surface area contributed by atoms with E-state index in [0.29, 0.717) is 0 Å². The summed E-state index contributed by atoms with van der Waals surface area (Å²) in [6.45, 7) is 3.71. The van der Waals surface area contributed by atoms with Crippen molar-refractivity contribution in [1.29, 1.82) is 0 Å². The van der Waals surface area contributed by atoms with Crippen LogP contribution in [0, 0.1) is 0 Å². The van der Waals surface area contributed by atoms with Gasteiger partial charge in [-0.2, -0.15) is 0 Å². The third-order valence-electron chi connectivity index (χ3n) is 2.26. The van der Waals surface area contributed by atoms with Gasteiger partial charge in [0.25, 0.3) is 5.56 Å². The van der Waals surface area contributed by atoms with E-state index in [1.54, 1.807) is 10.6 Å². The predicted octanol–water partition coefficient (Wildman–Crippen LogP) is 0.972. The largest absolute Gasteiger partial charge is 0.314 e. The molecule has 0 unspecified atom stereocenters. The Morgan fingerprint density at radius 1 is 1.43 bits per heavy atom. The lowest BCUT2D eigenvalue weighted by Crippen LogP contribution is -2.25. The van der Waals surface area contributed by atoms with Crippen LogP contribution in [0.1, 0.15) is 12.5 Å². The molecule has 1 rings (SSSR count). The Morgan fingerprint density at radius 2 is 2.14 bits per heavy atom. The van der Waals surface area contributed by atoms with E-state index in [1.807, 2.05) is 26.4 Å². The second-order valence-corrected chi connectivity index (χ2v) is 3.72. The van der Waals surface area contributed by atoms with Crippen LogP contribution in [0.5, 0.6) is 0 Å². The number of pyridine rings is 1. The molecule has 0 N–H and O–H groups in total. The van der Waals surface area contributed by atoms with E-state index in [4.69, 9.17) is 0 Å². The van der Waals surface area contributed by atoms with Crippen molar-refractivity contribution in [3.63, 3.8) is 0 Å². The van der Waals surface area contributed by atoms with Gasteiger partial charge in [0.1, 0.15) is 0 Å². The normalized spacial score (nSPS) is 10.9. The van der Waals surface area contributed by atoms with Crippen molar-refractivity contribution < 1.29 is 0 Å². The molecule has 3 nitrogen and oxygen atoms in total. The summed E-state index contributed by atoms with van der Waals surface area (Å²) in [4.78, 5) is 13.6. The molecule has 0 aromatic carbocycles. The summed E-state index contributed by atoms with van der Waals surface area (Å²) >= 11 is 0. The molecule has 1 aromatic rings. The molecular weight excluding hydrogens is 176 g/mol. The van der Waals surface area contributed by atoms with Crippen molar-refractivity contribution in [1.82, 2.24) is 9.47 Å². The smallest absolute Gasteiger partial charge is 0.250 e. The number of rotatable bonds is 4. The summed E-state index contributed by atoms with van der Waals surface area (Å²) in [5, 5.41) is 0. The molecule has 0 fully saturated rings. The summed E-state index contributed by atoms with van der Waals surface area (Å²) in [6.07, 6.45) is 2.80. The Morgan fingerprint density at radius 3 is 2.64 bits per heavy atom. The fourth-order valence-corrected chi connectivity index (χ4v) is 1.26. The number of nitrogens with zero attached hydrogens (tertiary/aromatic N) is 2. The second-order valence-electron chi connectivity index (χ2n) is 3.72. The molecule has 0 spiro atoms. The lowest BCUT2D eigenvalue weighted by Gasteiger charge is -2.11. The van der Waals surface area contributed by atoms with E-state index in [-0.39, 0.29) is 5.56 Å². The minimum absolute atomic E-state index is 0.103. The highest BCUT2D eigenvalue weighted by molar-refractivity contribution is 5.10. The maximum absolute atomic E-state index is 11.6. The molecule has 0 amide bonds. The zero-order chi connectivity index (χ0) is 10.6. The van der Waals surface area contributed by atoms with Crippen LogP contribution in [0.2, 0.25) is 0 Å². The summed E-state index contributed by atoms with van der Waals surface area (Å²) < 4.78 is 1.75. The monoisotopic (exact) mass is 194 g/mol. The molecule has 0 radical (unpaired) electrons. The van der Waals surface area contributed by atoms with Gasteiger partial charge in [0, 0.05) is 25.4 Å². The Kier molecular flexibility index (Phi) is 3.89. The SMILES string of the molecule is CCc1ccn(CCN(C)C)c(=O)c1.